The summed E-state index contributed by atoms with van der Waals surface area (Å²) in [6, 6.07) is 0. The highest BCUT2D eigenvalue weighted by Gasteiger charge is 2.54. The van der Waals surface area contributed by atoms with E-state index in [9.17, 15) is 5.11 Å². The third kappa shape index (κ3) is 1.71. The van der Waals surface area contributed by atoms with Gasteiger partial charge < -0.3 is 15.7 Å². The van der Waals surface area contributed by atoms with Crippen molar-refractivity contribution < 1.29 is 5.11 Å². The Hall–Kier alpha value is -0.120. The molecule has 0 radical (unpaired) electrons. The summed E-state index contributed by atoms with van der Waals surface area (Å²) in [7, 11) is 2.08. The van der Waals surface area contributed by atoms with Crippen LogP contribution in [0.3, 0.4) is 0 Å². The number of nitrogens with zero attached hydrogens (tertiary/aromatic N) is 1. The van der Waals surface area contributed by atoms with Crippen molar-refractivity contribution in [1.29, 1.82) is 0 Å². The fraction of sp³-hybridized carbons (Fsp3) is 1.00. The smallest absolute Gasteiger partial charge is 0.0854 e. The average Bonchev–Trinajstić information content (AvgIpc) is 2.73. The van der Waals surface area contributed by atoms with E-state index in [4.69, 9.17) is 5.73 Å². The molecule has 3 unspecified atom stereocenters. The van der Waals surface area contributed by atoms with Gasteiger partial charge in [0.25, 0.3) is 0 Å². The second-order valence-corrected chi connectivity index (χ2v) is 5.85. The van der Waals surface area contributed by atoms with Crippen LogP contribution in [0.1, 0.15) is 32.6 Å². The Labute approximate surface area is 92.6 Å². The molecule has 0 amide bonds. The van der Waals surface area contributed by atoms with Gasteiger partial charge in [-0.3, -0.25) is 0 Å². The number of likely N-dealkylation sites (N-methyl/N-ethyl adjacent to an activating group) is 1. The van der Waals surface area contributed by atoms with E-state index in [0.29, 0.717) is 6.54 Å². The molecule has 1 saturated heterocycles. The summed E-state index contributed by atoms with van der Waals surface area (Å²) in [5.74, 6) is 0.725. The monoisotopic (exact) mass is 212 g/mol. The zero-order chi connectivity index (χ0) is 11.1. The number of hydrogen-bond donors (Lipinski definition) is 2. The Morgan fingerprint density at radius 1 is 1.47 bits per heavy atom. The maximum atomic E-state index is 10.8. The summed E-state index contributed by atoms with van der Waals surface area (Å²) in [5, 5.41) is 10.8. The van der Waals surface area contributed by atoms with Crippen molar-refractivity contribution in [2.45, 2.75) is 38.2 Å². The van der Waals surface area contributed by atoms with E-state index in [1.807, 2.05) is 0 Å². The second kappa shape index (κ2) is 3.72. The molecular weight excluding hydrogens is 188 g/mol. The van der Waals surface area contributed by atoms with E-state index in [1.165, 1.54) is 6.42 Å². The van der Waals surface area contributed by atoms with Gasteiger partial charge >= 0.3 is 0 Å². The first kappa shape index (κ1) is 11.4. The van der Waals surface area contributed by atoms with Crippen LogP contribution < -0.4 is 5.73 Å². The summed E-state index contributed by atoms with van der Waals surface area (Å²) in [5.41, 5.74) is 5.43. The Balaban J connectivity index is 2.19. The van der Waals surface area contributed by atoms with Crippen LogP contribution in [0, 0.1) is 11.3 Å². The van der Waals surface area contributed by atoms with Crippen LogP contribution in [-0.2, 0) is 0 Å². The van der Waals surface area contributed by atoms with E-state index in [1.54, 1.807) is 0 Å². The number of nitrogens with two attached hydrogens (primary N) is 1. The van der Waals surface area contributed by atoms with Gasteiger partial charge in [-0.25, -0.2) is 0 Å². The molecule has 0 bridgehead atoms. The highest BCUT2D eigenvalue weighted by Crippen LogP contribution is 2.51. The third-order valence-electron chi connectivity index (χ3n) is 4.67. The lowest BCUT2D eigenvalue weighted by Crippen LogP contribution is -2.52. The Morgan fingerprint density at radius 2 is 2.20 bits per heavy atom. The minimum Gasteiger partial charge on any atom is -0.388 e. The van der Waals surface area contributed by atoms with Gasteiger partial charge in [-0.1, -0.05) is 13.3 Å². The summed E-state index contributed by atoms with van der Waals surface area (Å²) >= 11 is 0. The van der Waals surface area contributed by atoms with Crippen molar-refractivity contribution in [2.24, 2.45) is 17.1 Å². The van der Waals surface area contributed by atoms with Gasteiger partial charge in [0.2, 0.25) is 0 Å². The number of aliphatic hydroxyl groups is 1. The van der Waals surface area contributed by atoms with Crippen LogP contribution in [0.25, 0.3) is 0 Å². The molecule has 0 spiro atoms. The quantitative estimate of drug-likeness (QED) is 0.712. The summed E-state index contributed by atoms with van der Waals surface area (Å²) in [4.78, 5) is 2.22. The molecular formula is C12H24N2O. The van der Waals surface area contributed by atoms with Gasteiger partial charge in [0.05, 0.1) is 5.60 Å². The molecule has 15 heavy (non-hydrogen) atoms. The number of likely N-dealkylation sites (tertiary alicyclic amines) is 1. The zero-order valence-electron chi connectivity index (χ0n) is 10.00. The topological polar surface area (TPSA) is 49.5 Å². The molecule has 0 aromatic heterocycles. The molecule has 1 aliphatic carbocycles. The molecule has 2 aliphatic rings. The average molecular weight is 212 g/mol. The van der Waals surface area contributed by atoms with Gasteiger partial charge in [-0.2, -0.15) is 0 Å². The van der Waals surface area contributed by atoms with Gasteiger partial charge in [-0.15, -0.1) is 0 Å². The molecule has 3 nitrogen and oxygen atoms in total. The molecule has 88 valence electrons. The Kier molecular flexibility index (Phi) is 2.82. The zero-order valence-corrected chi connectivity index (χ0v) is 10.00. The van der Waals surface area contributed by atoms with Crippen molar-refractivity contribution in [2.75, 3.05) is 26.7 Å². The molecule has 3 N–H and O–H groups in total. The van der Waals surface area contributed by atoms with E-state index in [2.05, 4.69) is 18.9 Å². The number of rotatable bonds is 2. The van der Waals surface area contributed by atoms with Crippen molar-refractivity contribution in [3.63, 3.8) is 0 Å². The largest absolute Gasteiger partial charge is 0.388 e. The third-order valence-corrected chi connectivity index (χ3v) is 4.67. The van der Waals surface area contributed by atoms with Crippen LogP contribution in [0.15, 0.2) is 0 Å². The lowest BCUT2D eigenvalue weighted by Gasteiger charge is -2.42. The Bertz CT molecular complexity index is 246. The highest BCUT2D eigenvalue weighted by molar-refractivity contribution is 5.07. The van der Waals surface area contributed by atoms with Gasteiger partial charge in [0.15, 0.2) is 0 Å². The maximum Gasteiger partial charge on any atom is 0.0854 e. The SMILES string of the molecule is CC1CCC(CN)(C2(O)CCN(C)C2)C1. The van der Waals surface area contributed by atoms with Gasteiger partial charge in [-0.05, 0) is 32.2 Å². The molecule has 1 heterocycles. The van der Waals surface area contributed by atoms with Crippen molar-refractivity contribution in [3.05, 3.63) is 0 Å². The molecule has 3 atom stereocenters. The van der Waals surface area contributed by atoms with Crippen LogP contribution >= 0.6 is 0 Å². The standard InChI is InChI=1S/C12H24N2O/c1-10-3-4-11(7-10,8-13)12(15)5-6-14(2)9-12/h10,15H,3-9,13H2,1-2H3. The molecule has 2 fully saturated rings. The normalized spacial score (nSPS) is 47.6. The Morgan fingerprint density at radius 3 is 2.60 bits per heavy atom. The van der Waals surface area contributed by atoms with Crippen LogP contribution in [0.5, 0.6) is 0 Å². The minimum atomic E-state index is -0.527. The predicted molar refractivity (Wildman–Crippen MR) is 61.6 cm³/mol. The first-order valence-electron chi connectivity index (χ1n) is 6.12. The summed E-state index contributed by atoms with van der Waals surface area (Å²) in [6.45, 7) is 4.73. The molecule has 2 rings (SSSR count). The fourth-order valence-corrected chi connectivity index (χ4v) is 3.61. The minimum absolute atomic E-state index is 0.00280. The second-order valence-electron chi connectivity index (χ2n) is 5.85. The summed E-state index contributed by atoms with van der Waals surface area (Å²) < 4.78 is 0. The number of hydrogen-bond acceptors (Lipinski definition) is 3. The first-order chi connectivity index (χ1) is 7.01. The fourth-order valence-electron chi connectivity index (χ4n) is 3.61. The molecule has 1 aliphatic heterocycles. The molecule has 0 aromatic rings. The highest BCUT2D eigenvalue weighted by atomic mass is 16.3. The molecule has 0 aromatic carbocycles. The van der Waals surface area contributed by atoms with E-state index in [-0.39, 0.29) is 5.41 Å². The van der Waals surface area contributed by atoms with Crippen LogP contribution in [0.4, 0.5) is 0 Å². The van der Waals surface area contributed by atoms with Gasteiger partial charge in [0, 0.05) is 25.0 Å². The van der Waals surface area contributed by atoms with Crippen LogP contribution in [-0.4, -0.2) is 42.3 Å². The van der Waals surface area contributed by atoms with Crippen LogP contribution in [0.2, 0.25) is 0 Å². The van der Waals surface area contributed by atoms with Crippen molar-refractivity contribution in [3.8, 4) is 0 Å². The maximum absolute atomic E-state index is 10.8. The van der Waals surface area contributed by atoms with Crippen molar-refractivity contribution >= 4 is 0 Å². The lowest BCUT2D eigenvalue weighted by molar-refractivity contribution is -0.0691. The molecule has 3 heteroatoms. The predicted octanol–water partition coefficient (Wildman–Crippen LogP) is 0.818. The van der Waals surface area contributed by atoms with E-state index in [0.717, 1.165) is 38.3 Å². The van der Waals surface area contributed by atoms with Gasteiger partial charge in [0.1, 0.15) is 0 Å². The summed E-state index contributed by atoms with van der Waals surface area (Å²) in [6.07, 6.45) is 4.33. The first-order valence-corrected chi connectivity index (χ1v) is 6.12. The van der Waals surface area contributed by atoms with E-state index < -0.39 is 5.60 Å². The number of β-amino-alcohol motifs (C(OH)–C–C–N with tert-alkyl or cyclic N) is 1. The van der Waals surface area contributed by atoms with E-state index >= 15 is 0 Å². The lowest BCUT2D eigenvalue weighted by atomic mass is 9.69. The van der Waals surface area contributed by atoms with Crippen molar-refractivity contribution in [1.82, 2.24) is 4.90 Å². The molecule has 1 saturated carbocycles.